The van der Waals surface area contributed by atoms with Gasteiger partial charge < -0.3 is 0 Å². The fraction of sp³-hybridized carbons (Fsp3) is 1.00. The molecule has 0 radical (unpaired) electrons. The smallest absolute Gasteiger partial charge is 0.0243 e. The van der Waals surface area contributed by atoms with E-state index in [1.54, 1.807) is 0 Å². The second-order valence-electron chi connectivity index (χ2n) is 6.77. The zero-order valence-electron chi connectivity index (χ0n) is 9.62. The van der Waals surface area contributed by atoms with Gasteiger partial charge in [0.05, 0.1) is 0 Å². The first-order valence-electron chi connectivity index (χ1n) is 5.16. The van der Waals surface area contributed by atoms with Crippen molar-refractivity contribution < 1.29 is 0 Å². The normalized spacial score (nSPS) is 22.5. The van der Waals surface area contributed by atoms with Crippen molar-refractivity contribution in [3.63, 3.8) is 0 Å². The fourth-order valence-corrected chi connectivity index (χ4v) is 2.36. The summed E-state index contributed by atoms with van der Waals surface area (Å²) < 4.78 is 0. The van der Waals surface area contributed by atoms with Crippen LogP contribution in [-0.4, -0.2) is 0 Å². The summed E-state index contributed by atoms with van der Waals surface area (Å²) in [6, 6.07) is 0. The molecule has 0 aromatic carbocycles. The van der Waals surface area contributed by atoms with Gasteiger partial charge in [-0.25, -0.2) is 0 Å². The summed E-state index contributed by atoms with van der Waals surface area (Å²) in [7, 11) is 0. The average molecular weight is 168 g/mol. The van der Waals surface area contributed by atoms with E-state index in [0.29, 0.717) is 16.2 Å². The van der Waals surface area contributed by atoms with Crippen LogP contribution in [0.25, 0.3) is 0 Å². The topological polar surface area (TPSA) is 0 Å². The highest BCUT2D eigenvalue weighted by Gasteiger charge is 2.52. The van der Waals surface area contributed by atoms with E-state index in [4.69, 9.17) is 0 Å². The van der Waals surface area contributed by atoms with Crippen molar-refractivity contribution in [2.45, 2.75) is 60.8 Å². The van der Waals surface area contributed by atoms with E-state index in [0.717, 1.165) is 0 Å². The molecule has 1 fully saturated rings. The summed E-state index contributed by atoms with van der Waals surface area (Å²) >= 11 is 0. The molecule has 0 N–H and O–H groups in total. The van der Waals surface area contributed by atoms with Gasteiger partial charge in [0.15, 0.2) is 0 Å². The quantitative estimate of drug-likeness (QED) is 0.549. The SMILES string of the molecule is CC(C)(C)CC1(C(C)(C)C)CC1. The maximum absolute atomic E-state index is 2.39. The van der Waals surface area contributed by atoms with Crippen LogP contribution in [0.4, 0.5) is 0 Å². The Labute approximate surface area is 77.7 Å². The predicted octanol–water partition coefficient (Wildman–Crippen LogP) is 4.25. The van der Waals surface area contributed by atoms with Gasteiger partial charge in [0.1, 0.15) is 0 Å². The Morgan fingerprint density at radius 3 is 1.42 bits per heavy atom. The van der Waals surface area contributed by atoms with Crippen LogP contribution < -0.4 is 0 Å². The third-order valence-electron chi connectivity index (χ3n) is 3.31. The molecular formula is C12H24. The van der Waals surface area contributed by atoms with Crippen LogP contribution in [0.15, 0.2) is 0 Å². The van der Waals surface area contributed by atoms with E-state index in [2.05, 4.69) is 41.5 Å². The van der Waals surface area contributed by atoms with Crippen LogP contribution in [0, 0.1) is 16.2 Å². The van der Waals surface area contributed by atoms with E-state index in [9.17, 15) is 0 Å². The molecule has 1 rings (SSSR count). The summed E-state index contributed by atoms with van der Waals surface area (Å²) in [6.45, 7) is 14.3. The van der Waals surface area contributed by atoms with E-state index >= 15 is 0 Å². The minimum atomic E-state index is 0.504. The number of rotatable bonds is 1. The molecule has 0 aromatic heterocycles. The van der Waals surface area contributed by atoms with Crippen molar-refractivity contribution in [3.05, 3.63) is 0 Å². The van der Waals surface area contributed by atoms with Gasteiger partial charge in [-0.2, -0.15) is 0 Å². The molecule has 0 atom stereocenters. The zero-order chi connectivity index (χ0) is 9.62. The largest absolute Gasteiger partial charge is 0.0602 e. The van der Waals surface area contributed by atoms with Gasteiger partial charge in [-0.05, 0) is 35.5 Å². The van der Waals surface area contributed by atoms with Crippen LogP contribution in [-0.2, 0) is 0 Å². The molecule has 0 heteroatoms. The summed E-state index contributed by atoms with van der Waals surface area (Å²) in [5, 5.41) is 0. The first-order chi connectivity index (χ1) is 5.16. The Morgan fingerprint density at radius 2 is 1.33 bits per heavy atom. The van der Waals surface area contributed by atoms with Gasteiger partial charge in [-0.3, -0.25) is 0 Å². The Kier molecular flexibility index (Phi) is 2.10. The Balaban J connectivity index is 2.63. The molecule has 0 aliphatic heterocycles. The molecule has 0 saturated heterocycles. The molecule has 0 heterocycles. The molecule has 0 amide bonds. The monoisotopic (exact) mass is 168 g/mol. The van der Waals surface area contributed by atoms with E-state index < -0.39 is 0 Å². The van der Waals surface area contributed by atoms with Crippen LogP contribution in [0.5, 0.6) is 0 Å². The van der Waals surface area contributed by atoms with Crippen LogP contribution in [0.1, 0.15) is 60.8 Å². The second-order valence-corrected chi connectivity index (χ2v) is 6.77. The molecule has 0 aromatic rings. The molecule has 0 nitrogen and oxygen atoms in total. The maximum Gasteiger partial charge on any atom is -0.0243 e. The van der Waals surface area contributed by atoms with Gasteiger partial charge in [0, 0.05) is 0 Å². The van der Waals surface area contributed by atoms with Crippen molar-refractivity contribution in [1.29, 1.82) is 0 Å². The molecule has 1 saturated carbocycles. The lowest BCUT2D eigenvalue weighted by Gasteiger charge is -2.36. The van der Waals surface area contributed by atoms with Gasteiger partial charge in [0.2, 0.25) is 0 Å². The predicted molar refractivity (Wildman–Crippen MR) is 55.2 cm³/mol. The molecule has 0 bridgehead atoms. The van der Waals surface area contributed by atoms with Crippen molar-refractivity contribution in [2.75, 3.05) is 0 Å². The minimum Gasteiger partial charge on any atom is -0.0602 e. The first-order valence-corrected chi connectivity index (χ1v) is 5.16. The molecule has 12 heavy (non-hydrogen) atoms. The third kappa shape index (κ3) is 2.02. The molecular weight excluding hydrogens is 144 g/mol. The molecule has 0 unspecified atom stereocenters. The molecule has 0 spiro atoms. The maximum atomic E-state index is 2.39. The summed E-state index contributed by atoms with van der Waals surface area (Å²) in [4.78, 5) is 0. The number of hydrogen-bond donors (Lipinski definition) is 0. The van der Waals surface area contributed by atoms with Gasteiger partial charge in [-0.1, -0.05) is 41.5 Å². The van der Waals surface area contributed by atoms with E-state index in [1.807, 2.05) is 0 Å². The summed E-state index contributed by atoms with van der Waals surface area (Å²) in [6.07, 6.45) is 4.30. The lowest BCUT2D eigenvalue weighted by atomic mass is 9.69. The highest BCUT2D eigenvalue weighted by Crippen LogP contribution is 2.63. The van der Waals surface area contributed by atoms with Crippen molar-refractivity contribution in [1.82, 2.24) is 0 Å². The van der Waals surface area contributed by atoms with Crippen molar-refractivity contribution in [3.8, 4) is 0 Å². The van der Waals surface area contributed by atoms with Crippen molar-refractivity contribution >= 4 is 0 Å². The second kappa shape index (κ2) is 2.49. The van der Waals surface area contributed by atoms with E-state index in [1.165, 1.54) is 19.3 Å². The first kappa shape index (κ1) is 10.1. The Morgan fingerprint density at radius 1 is 0.917 bits per heavy atom. The van der Waals surface area contributed by atoms with E-state index in [-0.39, 0.29) is 0 Å². The number of hydrogen-bond acceptors (Lipinski definition) is 0. The molecule has 1 aliphatic carbocycles. The lowest BCUT2D eigenvalue weighted by Crippen LogP contribution is -2.26. The van der Waals surface area contributed by atoms with Crippen LogP contribution in [0.2, 0.25) is 0 Å². The Bertz CT molecular complexity index is 159. The summed E-state index contributed by atoms with van der Waals surface area (Å²) in [5.74, 6) is 0. The van der Waals surface area contributed by atoms with Crippen molar-refractivity contribution in [2.24, 2.45) is 16.2 Å². The minimum absolute atomic E-state index is 0.504. The highest BCUT2D eigenvalue weighted by molar-refractivity contribution is 5.03. The molecule has 72 valence electrons. The lowest BCUT2D eigenvalue weighted by molar-refractivity contribution is 0.141. The van der Waals surface area contributed by atoms with Crippen LogP contribution >= 0.6 is 0 Å². The third-order valence-corrected chi connectivity index (χ3v) is 3.31. The van der Waals surface area contributed by atoms with Gasteiger partial charge in [-0.15, -0.1) is 0 Å². The Hall–Kier alpha value is 0. The average Bonchev–Trinajstić information content (AvgIpc) is 2.39. The summed E-state index contributed by atoms with van der Waals surface area (Å²) in [5.41, 5.74) is 1.69. The zero-order valence-corrected chi connectivity index (χ0v) is 9.62. The fourth-order valence-electron chi connectivity index (χ4n) is 2.36. The van der Waals surface area contributed by atoms with Crippen LogP contribution in [0.3, 0.4) is 0 Å². The van der Waals surface area contributed by atoms with Gasteiger partial charge >= 0.3 is 0 Å². The molecule has 1 aliphatic rings. The standard InChI is InChI=1S/C12H24/c1-10(2,3)9-12(7-8-12)11(4,5)6/h7-9H2,1-6H3. The van der Waals surface area contributed by atoms with Gasteiger partial charge in [0.25, 0.3) is 0 Å². The highest BCUT2D eigenvalue weighted by atomic mass is 14.6.